The highest BCUT2D eigenvalue weighted by molar-refractivity contribution is 9.10. The van der Waals surface area contributed by atoms with Crippen LogP contribution < -0.4 is 10.4 Å². The minimum atomic E-state index is -0.481. The third-order valence-corrected chi connectivity index (χ3v) is 9.00. The van der Waals surface area contributed by atoms with Crippen LogP contribution in [-0.2, 0) is 13.0 Å². The fraction of sp³-hybridized carbons (Fsp3) is 0.132. The maximum absolute atomic E-state index is 13.2. The number of fused-ring (bicyclic) bond motifs is 2. The zero-order valence-electron chi connectivity index (χ0n) is 23.4. The van der Waals surface area contributed by atoms with Crippen molar-refractivity contribution in [3.8, 4) is 22.6 Å². The molecule has 0 radical (unpaired) electrons. The summed E-state index contributed by atoms with van der Waals surface area (Å²) in [6.07, 6.45) is 1.55. The van der Waals surface area contributed by atoms with Crippen LogP contribution in [0.25, 0.3) is 22.1 Å². The summed E-state index contributed by atoms with van der Waals surface area (Å²) < 4.78 is 12.8. The zero-order valence-corrected chi connectivity index (χ0v) is 25.0. The van der Waals surface area contributed by atoms with E-state index in [4.69, 9.17) is 9.15 Å². The van der Waals surface area contributed by atoms with Crippen LogP contribution in [0.15, 0.2) is 135 Å². The van der Waals surface area contributed by atoms with Crippen LogP contribution in [0, 0.1) is 0 Å². The van der Waals surface area contributed by atoms with Crippen LogP contribution in [-0.4, -0.2) is 5.11 Å². The molecule has 212 valence electrons. The summed E-state index contributed by atoms with van der Waals surface area (Å²) in [5.41, 5.74) is 7.13. The SMILES string of the molecule is O=c1oc2ccccc2c(O)c1C1CC(c2ccc(OCc3ccc(-c4ccc(Br)cc4)cc3)cc2)Cc2ccccc21. The second kappa shape index (κ2) is 11.6. The van der Waals surface area contributed by atoms with Gasteiger partial charge in [0.15, 0.2) is 0 Å². The predicted octanol–water partition coefficient (Wildman–Crippen LogP) is 9.37. The number of benzene rings is 5. The molecular formula is C38H29BrO4. The molecule has 7 rings (SSSR count). The summed E-state index contributed by atoms with van der Waals surface area (Å²) in [4.78, 5) is 13.2. The Balaban J connectivity index is 1.09. The highest BCUT2D eigenvalue weighted by Gasteiger charge is 2.33. The van der Waals surface area contributed by atoms with E-state index in [0.29, 0.717) is 29.6 Å². The predicted molar refractivity (Wildman–Crippen MR) is 174 cm³/mol. The number of halogens is 1. The van der Waals surface area contributed by atoms with Crippen molar-refractivity contribution in [3.05, 3.63) is 164 Å². The van der Waals surface area contributed by atoms with E-state index in [0.717, 1.165) is 27.8 Å². The molecule has 1 aliphatic rings. The van der Waals surface area contributed by atoms with Gasteiger partial charge in [-0.2, -0.15) is 0 Å². The van der Waals surface area contributed by atoms with Crippen LogP contribution in [0.2, 0.25) is 0 Å². The zero-order chi connectivity index (χ0) is 29.3. The third-order valence-electron chi connectivity index (χ3n) is 8.47. The fourth-order valence-electron chi connectivity index (χ4n) is 6.24. The van der Waals surface area contributed by atoms with Gasteiger partial charge >= 0.3 is 5.63 Å². The van der Waals surface area contributed by atoms with Gasteiger partial charge in [0.25, 0.3) is 0 Å². The lowest BCUT2D eigenvalue weighted by Crippen LogP contribution is -2.23. The van der Waals surface area contributed by atoms with Crippen molar-refractivity contribution >= 4 is 26.9 Å². The summed E-state index contributed by atoms with van der Waals surface area (Å²) in [7, 11) is 0. The Labute approximate surface area is 258 Å². The average molecular weight is 630 g/mol. The molecule has 4 nitrogen and oxygen atoms in total. The molecule has 2 atom stereocenters. The molecule has 0 amide bonds. The Kier molecular flexibility index (Phi) is 7.33. The first-order valence-electron chi connectivity index (χ1n) is 14.4. The summed E-state index contributed by atoms with van der Waals surface area (Å²) in [5.74, 6) is 0.722. The first-order chi connectivity index (χ1) is 21.0. The van der Waals surface area contributed by atoms with Gasteiger partial charge in [-0.25, -0.2) is 4.79 Å². The van der Waals surface area contributed by atoms with Crippen molar-refractivity contribution in [2.24, 2.45) is 0 Å². The fourth-order valence-corrected chi connectivity index (χ4v) is 6.51. The Hall–Kier alpha value is -4.61. The van der Waals surface area contributed by atoms with Crippen molar-refractivity contribution < 1.29 is 14.3 Å². The van der Waals surface area contributed by atoms with E-state index >= 15 is 0 Å². The molecule has 0 bridgehead atoms. The summed E-state index contributed by atoms with van der Waals surface area (Å²) in [6, 6.07) is 40.3. The van der Waals surface area contributed by atoms with Gasteiger partial charge < -0.3 is 14.3 Å². The van der Waals surface area contributed by atoms with E-state index in [9.17, 15) is 9.90 Å². The second-order valence-corrected chi connectivity index (χ2v) is 12.0. The molecule has 43 heavy (non-hydrogen) atoms. The van der Waals surface area contributed by atoms with E-state index in [-0.39, 0.29) is 17.6 Å². The molecule has 2 unspecified atom stereocenters. The molecule has 0 fully saturated rings. The minimum absolute atomic E-state index is 0.0147. The van der Waals surface area contributed by atoms with E-state index < -0.39 is 5.63 Å². The van der Waals surface area contributed by atoms with Crippen molar-refractivity contribution in [1.82, 2.24) is 0 Å². The molecular weight excluding hydrogens is 600 g/mol. The number of ether oxygens (including phenoxy) is 1. The lowest BCUT2D eigenvalue weighted by molar-refractivity contribution is 0.306. The molecule has 0 saturated heterocycles. The van der Waals surface area contributed by atoms with Gasteiger partial charge in [-0.05, 0) is 88.5 Å². The molecule has 6 aromatic rings. The van der Waals surface area contributed by atoms with E-state index in [1.54, 1.807) is 18.2 Å². The van der Waals surface area contributed by atoms with Gasteiger partial charge in [-0.15, -0.1) is 0 Å². The van der Waals surface area contributed by atoms with Crippen LogP contribution in [0.4, 0.5) is 0 Å². The smallest absolute Gasteiger partial charge is 0.343 e. The van der Waals surface area contributed by atoms with Gasteiger partial charge in [0.05, 0.1) is 10.9 Å². The van der Waals surface area contributed by atoms with Gasteiger partial charge in [0.1, 0.15) is 23.7 Å². The molecule has 0 saturated carbocycles. The van der Waals surface area contributed by atoms with E-state index in [1.807, 2.05) is 42.5 Å². The maximum atomic E-state index is 13.2. The minimum Gasteiger partial charge on any atom is -0.507 e. The Morgan fingerprint density at radius 2 is 1.47 bits per heavy atom. The van der Waals surface area contributed by atoms with Crippen LogP contribution >= 0.6 is 15.9 Å². The average Bonchev–Trinajstić information content (AvgIpc) is 3.04. The molecule has 1 aromatic heterocycles. The lowest BCUT2D eigenvalue weighted by atomic mass is 9.72. The quantitative estimate of drug-likeness (QED) is 0.187. The monoisotopic (exact) mass is 628 g/mol. The van der Waals surface area contributed by atoms with Crippen LogP contribution in [0.1, 0.15) is 46.1 Å². The summed E-state index contributed by atoms with van der Waals surface area (Å²) in [6.45, 7) is 0.482. The Morgan fingerprint density at radius 3 is 2.23 bits per heavy atom. The van der Waals surface area contributed by atoms with Crippen molar-refractivity contribution in [2.45, 2.75) is 31.3 Å². The first-order valence-corrected chi connectivity index (χ1v) is 15.2. The van der Waals surface area contributed by atoms with Crippen LogP contribution in [0.5, 0.6) is 11.5 Å². The largest absolute Gasteiger partial charge is 0.507 e. The van der Waals surface area contributed by atoms with E-state index in [2.05, 4.69) is 76.6 Å². The third kappa shape index (κ3) is 5.49. The molecule has 5 aromatic carbocycles. The normalized spacial score (nSPS) is 16.1. The lowest BCUT2D eigenvalue weighted by Gasteiger charge is -2.32. The molecule has 1 heterocycles. The number of aromatic hydroxyl groups is 1. The summed E-state index contributed by atoms with van der Waals surface area (Å²) in [5, 5.41) is 11.8. The maximum Gasteiger partial charge on any atom is 0.343 e. The molecule has 0 aliphatic heterocycles. The van der Waals surface area contributed by atoms with Gasteiger partial charge in [0.2, 0.25) is 0 Å². The molecule has 0 spiro atoms. The van der Waals surface area contributed by atoms with Gasteiger partial charge in [-0.3, -0.25) is 0 Å². The van der Waals surface area contributed by atoms with Gasteiger partial charge in [0, 0.05) is 10.4 Å². The van der Waals surface area contributed by atoms with Crippen molar-refractivity contribution in [3.63, 3.8) is 0 Å². The van der Waals surface area contributed by atoms with Crippen molar-refractivity contribution in [1.29, 1.82) is 0 Å². The van der Waals surface area contributed by atoms with Crippen molar-refractivity contribution in [2.75, 3.05) is 0 Å². The second-order valence-electron chi connectivity index (χ2n) is 11.1. The Bertz CT molecular complexity index is 1960. The van der Waals surface area contributed by atoms with Crippen LogP contribution in [0.3, 0.4) is 0 Å². The van der Waals surface area contributed by atoms with Gasteiger partial charge in [-0.1, -0.05) is 101 Å². The Morgan fingerprint density at radius 1 is 0.791 bits per heavy atom. The number of hydrogen-bond acceptors (Lipinski definition) is 4. The topological polar surface area (TPSA) is 59.7 Å². The molecule has 1 N–H and O–H groups in total. The molecule has 1 aliphatic carbocycles. The van der Waals surface area contributed by atoms with E-state index in [1.165, 1.54) is 22.3 Å². The number of para-hydroxylation sites is 1. The number of hydrogen-bond donors (Lipinski definition) is 1. The number of rotatable bonds is 6. The highest BCUT2D eigenvalue weighted by Crippen LogP contribution is 2.45. The molecule has 5 heteroatoms. The first kappa shape index (κ1) is 27.2. The standard InChI is InChI=1S/C38H29BrO4/c39-30-17-13-26(14-18-30)25-11-9-24(10-12-25)23-42-31-19-15-27(16-20-31)29-21-28-5-1-2-6-32(28)34(22-29)36-37(40)33-7-3-4-8-35(33)43-38(36)41/h1-20,29,34,40H,21-23H2. The highest BCUT2D eigenvalue weighted by atomic mass is 79.9. The summed E-state index contributed by atoms with van der Waals surface area (Å²) >= 11 is 3.49.